The van der Waals surface area contributed by atoms with Crippen molar-refractivity contribution in [1.82, 2.24) is 29.5 Å². The van der Waals surface area contributed by atoms with E-state index < -0.39 is 0 Å². The number of nitrogens with zero attached hydrogens (tertiary/aromatic N) is 6. The predicted molar refractivity (Wildman–Crippen MR) is 108 cm³/mol. The van der Waals surface area contributed by atoms with Gasteiger partial charge in [0.1, 0.15) is 24.0 Å². The zero-order chi connectivity index (χ0) is 20.3. The van der Waals surface area contributed by atoms with Crippen molar-refractivity contribution in [3.63, 3.8) is 0 Å². The highest BCUT2D eigenvalue weighted by Crippen LogP contribution is 2.75. The summed E-state index contributed by atoms with van der Waals surface area (Å²) in [5.74, 6) is 2.53. The molecular formula is C22H20N6O2. The van der Waals surface area contributed by atoms with E-state index in [-0.39, 0.29) is 11.5 Å². The predicted octanol–water partition coefficient (Wildman–Crippen LogP) is 3.22. The van der Waals surface area contributed by atoms with Crippen LogP contribution in [0.5, 0.6) is 11.6 Å². The number of hydrogen-bond donors (Lipinski definition) is 0. The van der Waals surface area contributed by atoms with Gasteiger partial charge in [-0.3, -0.25) is 4.98 Å². The summed E-state index contributed by atoms with van der Waals surface area (Å²) in [6, 6.07) is 7.95. The van der Waals surface area contributed by atoms with Crippen LogP contribution in [0.4, 0.5) is 0 Å². The van der Waals surface area contributed by atoms with Gasteiger partial charge in [-0.05, 0) is 44.0 Å². The number of fused-ring (bicyclic) bond motifs is 1. The van der Waals surface area contributed by atoms with Gasteiger partial charge < -0.3 is 9.47 Å². The van der Waals surface area contributed by atoms with Crippen molar-refractivity contribution in [1.29, 1.82) is 0 Å². The van der Waals surface area contributed by atoms with E-state index in [0.717, 1.165) is 41.1 Å². The summed E-state index contributed by atoms with van der Waals surface area (Å²) in [5, 5.41) is 4.22. The van der Waals surface area contributed by atoms with Crippen LogP contribution in [-0.4, -0.2) is 42.8 Å². The Morgan fingerprint density at radius 3 is 2.83 bits per heavy atom. The molecule has 0 unspecified atom stereocenters. The monoisotopic (exact) mass is 400 g/mol. The van der Waals surface area contributed by atoms with E-state index in [1.165, 1.54) is 6.33 Å². The molecule has 0 saturated heterocycles. The summed E-state index contributed by atoms with van der Waals surface area (Å²) in [4.78, 5) is 17.8. The average Bonchev–Trinajstić information content (AvgIpc) is 3.60. The smallest absolute Gasteiger partial charge is 0.225 e. The van der Waals surface area contributed by atoms with Gasteiger partial charge in [-0.1, -0.05) is 0 Å². The molecular weight excluding hydrogens is 380 g/mol. The molecule has 2 aliphatic carbocycles. The fourth-order valence-corrected chi connectivity index (χ4v) is 4.31. The molecule has 8 nitrogen and oxygen atoms in total. The van der Waals surface area contributed by atoms with E-state index in [0.29, 0.717) is 17.6 Å². The third kappa shape index (κ3) is 2.71. The lowest BCUT2D eigenvalue weighted by molar-refractivity contribution is 0.267. The number of hydrogen-bond acceptors (Lipinski definition) is 7. The molecule has 0 bridgehead atoms. The molecule has 2 aliphatic rings. The van der Waals surface area contributed by atoms with Gasteiger partial charge in [-0.25, -0.2) is 14.5 Å². The third-order valence-corrected chi connectivity index (χ3v) is 6.23. The standard InChI is InChI=1S/C22H20N6O2/c1-13-23-10-16(14-3-6-20-25-12-26-28(20)11-14)21(27-13)30-19-8-22(19)7-17(22)18-5-4-15(29-2)9-24-18/h3-6,9-12,17,19H,7-8H2,1-2H3/t17-,19-,22+/m1/s1. The molecule has 0 aromatic carbocycles. The van der Waals surface area contributed by atoms with Crippen LogP contribution in [0.3, 0.4) is 0 Å². The minimum atomic E-state index is 0.148. The first-order chi connectivity index (χ1) is 14.7. The molecule has 1 spiro atoms. The van der Waals surface area contributed by atoms with Crippen LogP contribution >= 0.6 is 0 Å². The van der Waals surface area contributed by atoms with E-state index in [9.17, 15) is 0 Å². The summed E-state index contributed by atoms with van der Waals surface area (Å²) in [6.07, 6.45) is 9.34. The van der Waals surface area contributed by atoms with Gasteiger partial charge in [0.15, 0.2) is 5.65 Å². The quantitative estimate of drug-likeness (QED) is 0.508. The molecule has 0 aliphatic heterocycles. The lowest BCUT2D eigenvalue weighted by atomic mass is 10.1. The van der Waals surface area contributed by atoms with Gasteiger partial charge in [0.25, 0.3) is 0 Å². The fraction of sp³-hybridized carbons (Fsp3) is 0.318. The maximum atomic E-state index is 6.41. The highest BCUT2D eigenvalue weighted by Gasteiger charge is 2.73. The molecule has 3 atom stereocenters. The lowest BCUT2D eigenvalue weighted by Crippen LogP contribution is -2.06. The van der Waals surface area contributed by atoms with Gasteiger partial charge in [0.05, 0.1) is 18.9 Å². The zero-order valence-corrected chi connectivity index (χ0v) is 16.7. The van der Waals surface area contributed by atoms with E-state index in [4.69, 9.17) is 9.47 Å². The fourth-order valence-electron chi connectivity index (χ4n) is 4.31. The first kappa shape index (κ1) is 17.3. The number of methoxy groups -OCH3 is 1. The van der Waals surface area contributed by atoms with Crippen LogP contribution in [0.15, 0.2) is 49.2 Å². The molecule has 4 aromatic rings. The van der Waals surface area contributed by atoms with E-state index in [1.807, 2.05) is 37.5 Å². The number of aromatic nitrogens is 6. The second kappa shape index (κ2) is 6.22. The Balaban J connectivity index is 1.25. The van der Waals surface area contributed by atoms with Crippen molar-refractivity contribution in [2.24, 2.45) is 5.41 Å². The second-order valence-electron chi connectivity index (χ2n) is 8.04. The molecule has 8 heteroatoms. The van der Waals surface area contributed by atoms with Gasteiger partial charge >= 0.3 is 0 Å². The zero-order valence-electron chi connectivity index (χ0n) is 16.7. The van der Waals surface area contributed by atoms with Crippen LogP contribution in [0, 0.1) is 12.3 Å². The highest BCUT2D eigenvalue weighted by molar-refractivity contribution is 5.68. The van der Waals surface area contributed by atoms with Crippen LogP contribution in [0.25, 0.3) is 16.8 Å². The minimum absolute atomic E-state index is 0.148. The number of aryl methyl sites for hydroxylation is 1. The summed E-state index contributed by atoms with van der Waals surface area (Å²) >= 11 is 0. The van der Waals surface area contributed by atoms with Crippen molar-refractivity contribution in [3.05, 3.63) is 60.7 Å². The first-order valence-electron chi connectivity index (χ1n) is 9.96. The summed E-state index contributed by atoms with van der Waals surface area (Å²) < 4.78 is 13.4. The second-order valence-corrected chi connectivity index (χ2v) is 8.04. The number of pyridine rings is 2. The van der Waals surface area contributed by atoms with E-state index in [1.54, 1.807) is 17.8 Å². The maximum Gasteiger partial charge on any atom is 0.225 e. The van der Waals surface area contributed by atoms with Gasteiger partial charge in [-0.15, -0.1) is 0 Å². The first-order valence-corrected chi connectivity index (χ1v) is 9.96. The van der Waals surface area contributed by atoms with Crippen molar-refractivity contribution in [2.45, 2.75) is 31.8 Å². The van der Waals surface area contributed by atoms with Gasteiger partial charge in [0, 0.05) is 35.0 Å². The van der Waals surface area contributed by atoms with E-state index in [2.05, 4.69) is 31.1 Å². The highest BCUT2D eigenvalue weighted by atomic mass is 16.5. The third-order valence-electron chi connectivity index (χ3n) is 6.23. The Labute approximate surface area is 173 Å². The van der Waals surface area contributed by atoms with Crippen molar-refractivity contribution in [3.8, 4) is 22.8 Å². The molecule has 0 radical (unpaired) electrons. The Bertz CT molecular complexity index is 1250. The number of rotatable bonds is 5. The SMILES string of the molecule is COc1ccc([C@H]2C[C@]23C[C@H]3Oc2nc(C)ncc2-c2ccc3ncnn3c2)nc1. The number of ether oxygens (including phenoxy) is 2. The van der Waals surface area contributed by atoms with Crippen molar-refractivity contribution < 1.29 is 9.47 Å². The molecule has 2 saturated carbocycles. The minimum Gasteiger partial charge on any atom is -0.495 e. The molecule has 30 heavy (non-hydrogen) atoms. The van der Waals surface area contributed by atoms with Crippen molar-refractivity contribution >= 4 is 5.65 Å². The lowest BCUT2D eigenvalue weighted by Gasteiger charge is -2.11. The molecule has 6 rings (SSSR count). The molecule has 0 amide bonds. The average molecular weight is 400 g/mol. The molecule has 0 N–H and O–H groups in total. The summed E-state index contributed by atoms with van der Waals surface area (Å²) in [5.41, 5.74) is 3.90. The molecule has 4 heterocycles. The van der Waals surface area contributed by atoms with Crippen LogP contribution in [0.2, 0.25) is 0 Å². The Morgan fingerprint density at radius 1 is 1.07 bits per heavy atom. The van der Waals surface area contributed by atoms with Crippen LogP contribution < -0.4 is 9.47 Å². The summed E-state index contributed by atoms with van der Waals surface area (Å²) in [7, 11) is 1.65. The van der Waals surface area contributed by atoms with Crippen LogP contribution in [0.1, 0.15) is 30.3 Å². The maximum absolute atomic E-state index is 6.41. The van der Waals surface area contributed by atoms with E-state index >= 15 is 0 Å². The Hall–Kier alpha value is -3.55. The molecule has 4 aromatic heterocycles. The normalized spacial score (nSPS) is 24.2. The van der Waals surface area contributed by atoms with Crippen LogP contribution in [-0.2, 0) is 0 Å². The van der Waals surface area contributed by atoms with Gasteiger partial charge in [-0.2, -0.15) is 10.1 Å². The summed E-state index contributed by atoms with van der Waals surface area (Å²) in [6.45, 7) is 1.88. The Kier molecular flexibility index (Phi) is 3.59. The topological polar surface area (TPSA) is 87.3 Å². The Morgan fingerprint density at radius 2 is 2.00 bits per heavy atom. The molecule has 2 fully saturated rings. The van der Waals surface area contributed by atoms with Gasteiger partial charge in [0.2, 0.25) is 5.88 Å². The largest absolute Gasteiger partial charge is 0.495 e. The molecule has 150 valence electrons. The van der Waals surface area contributed by atoms with Crippen molar-refractivity contribution in [2.75, 3.05) is 7.11 Å².